The number of Topliss-reactive ketones (excluding diaryl/α,β-unsaturated/α-hetero) is 1. The predicted octanol–water partition coefficient (Wildman–Crippen LogP) is 2.21. The van der Waals surface area contributed by atoms with Gasteiger partial charge in [0.2, 0.25) is 5.91 Å². The number of ketones is 1. The van der Waals surface area contributed by atoms with Crippen molar-refractivity contribution in [3.05, 3.63) is 71.3 Å². The number of hydrogen-bond acceptors (Lipinski definition) is 2. The number of amides is 1. The molecule has 0 aliphatic rings. The number of hydrogen-bond donors (Lipinski definition) is 1. The van der Waals surface area contributed by atoms with Crippen molar-refractivity contribution in [3.8, 4) is 0 Å². The lowest BCUT2D eigenvalue weighted by molar-refractivity contribution is 0.0989. The molecule has 1 amide bonds. The van der Waals surface area contributed by atoms with Crippen molar-refractivity contribution in [2.24, 2.45) is 5.73 Å². The molecule has 18 heavy (non-hydrogen) atoms. The van der Waals surface area contributed by atoms with Crippen molar-refractivity contribution in [3.63, 3.8) is 0 Å². The summed E-state index contributed by atoms with van der Waals surface area (Å²) >= 11 is 0. The van der Waals surface area contributed by atoms with E-state index in [1.807, 2.05) is 18.2 Å². The highest BCUT2D eigenvalue weighted by Crippen LogP contribution is 2.09. The molecule has 0 aromatic heterocycles. The Hall–Kier alpha value is -2.42. The Morgan fingerprint density at radius 2 is 1.44 bits per heavy atom. The number of primary amides is 1. The first-order valence-corrected chi connectivity index (χ1v) is 5.64. The van der Waals surface area contributed by atoms with Crippen LogP contribution in [0.15, 0.2) is 54.6 Å². The number of carbonyl (C=O) groups is 2. The molecule has 0 aliphatic carbocycles. The van der Waals surface area contributed by atoms with Gasteiger partial charge < -0.3 is 5.73 Å². The van der Waals surface area contributed by atoms with Crippen LogP contribution >= 0.6 is 0 Å². The van der Waals surface area contributed by atoms with Gasteiger partial charge in [0, 0.05) is 17.5 Å². The third-order valence-corrected chi connectivity index (χ3v) is 2.70. The van der Waals surface area contributed by atoms with Crippen LogP contribution < -0.4 is 5.73 Å². The van der Waals surface area contributed by atoms with E-state index in [0.29, 0.717) is 17.5 Å². The Morgan fingerprint density at radius 1 is 0.833 bits per heavy atom. The molecule has 0 aliphatic heterocycles. The van der Waals surface area contributed by atoms with Crippen LogP contribution in [-0.2, 0) is 6.42 Å². The van der Waals surface area contributed by atoms with Crippen molar-refractivity contribution in [1.82, 2.24) is 0 Å². The van der Waals surface area contributed by atoms with Crippen molar-refractivity contribution in [2.75, 3.05) is 0 Å². The van der Waals surface area contributed by atoms with Crippen LogP contribution in [0.3, 0.4) is 0 Å². The summed E-state index contributed by atoms with van der Waals surface area (Å²) in [6, 6.07) is 15.9. The quantitative estimate of drug-likeness (QED) is 0.831. The zero-order valence-corrected chi connectivity index (χ0v) is 9.80. The normalized spacial score (nSPS) is 10.0. The average molecular weight is 239 g/mol. The van der Waals surface area contributed by atoms with Crippen molar-refractivity contribution in [2.45, 2.75) is 6.42 Å². The fraction of sp³-hybridized carbons (Fsp3) is 0.0667. The highest BCUT2D eigenvalue weighted by atomic mass is 16.1. The molecule has 0 atom stereocenters. The van der Waals surface area contributed by atoms with Crippen LogP contribution in [0.2, 0.25) is 0 Å². The summed E-state index contributed by atoms with van der Waals surface area (Å²) in [5.41, 5.74) is 7.16. The summed E-state index contributed by atoms with van der Waals surface area (Å²) < 4.78 is 0. The summed E-state index contributed by atoms with van der Waals surface area (Å²) in [7, 11) is 0. The Morgan fingerprint density at radius 3 is 2.00 bits per heavy atom. The lowest BCUT2D eigenvalue weighted by Crippen LogP contribution is -2.11. The summed E-state index contributed by atoms with van der Waals surface area (Å²) in [6.45, 7) is 0. The van der Waals surface area contributed by atoms with E-state index >= 15 is 0 Å². The minimum absolute atomic E-state index is 0.0578. The molecular formula is C15H13NO2. The lowest BCUT2D eigenvalue weighted by atomic mass is 10.0. The van der Waals surface area contributed by atoms with E-state index in [2.05, 4.69) is 0 Å². The second-order valence-corrected chi connectivity index (χ2v) is 4.03. The summed E-state index contributed by atoms with van der Waals surface area (Å²) in [4.78, 5) is 22.9. The Bertz CT molecular complexity index is 559. The number of rotatable bonds is 4. The second kappa shape index (κ2) is 5.27. The van der Waals surface area contributed by atoms with Gasteiger partial charge in [-0.15, -0.1) is 0 Å². The SMILES string of the molecule is NC(=O)c1ccc(CC(=O)c2ccccc2)cc1. The van der Waals surface area contributed by atoms with Crippen LogP contribution in [-0.4, -0.2) is 11.7 Å². The molecule has 0 saturated carbocycles. The second-order valence-electron chi connectivity index (χ2n) is 4.03. The third-order valence-electron chi connectivity index (χ3n) is 2.70. The molecule has 0 fully saturated rings. The first-order valence-electron chi connectivity index (χ1n) is 5.64. The number of nitrogens with two attached hydrogens (primary N) is 1. The van der Waals surface area contributed by atoms with Gasteiger partial charge in [0.05, 0.1) is 0 Å². The van der Waals surface area contributed by atoms with Crippen molar-refractivity contribution in [1.29, 1.82) is 0 Å². The zero-order chi connectivity index (χ0) is 13.0. The monoisotopic (exact) mass is 239 g/mol. The largest absolute Gasteiger partial charge is 0.366 e. The Labute approximate surface area is 105 Å². The van der Waals surface area contributed by atoms with Gasteiger partial charge in [-0.3, -0.25) is 9.59 Å². The molecule has 0 saturated heterocycles. The topological polar surface area (TPSA) is 60.2 Å². The minimum Gasteiger partial charge on any atom is -0.366 e. The van der Waals surface area contributed by atoms with Gasteiger partial charge in [0.25, 0.3) is 0 Å². The lowest BCUT2D eigenvalue weighted by Gasteiger charge is -2.02. The molecule has 2 aromatic rings. The first kappa shape index (κ1) is 12.0. The van der Waals surface area contributed by atoms with Gasteiger partial charge in [0.15, 0.2) is 5.78 Å². The van der Waals surface area contributed by atoms with Gasteiger partial charge >= 0.3 is 0 Å². The van der Waals surface area contributed by atoms with Crippen molar-refractivity contribution < 1.29 is 9.59 Å². The molecule has 3 heteroatoms. The van der Waals surface area contributed by atoms with Crippen LogP contribution in [0.25, 0.3) is 0 Å². The predicted molar refractivity (Wildman–Crippen MR) is 69.4 cm³/mol. The molecule has 2 rings (SSSR count). The average Bonchev–Trinajstić information content (AvgIpc) is 2.40. The van der Waals surface area contributed by atoms with Gasteiger partial charge in [-0.05, 0) is 17.7 Å². The summed E-state index contributed by atoms with van der Waals surface area (Å²) in [5.74, 6) is -0.404. The van der Waals surface area contributed by atoms with Crippen LogP contribution in [0.4, 0.5) is 0 Å². The molecule has 0 unspecified atom stereocenters. The van der Waals surface area contributed by atoms with Crippen molar-refractivity contribution >= 4 is 11.7 Å². The molecule has 0 heterocycles. The maximum absolute atomic E-state index is 11.9. The van der Waals surface area contributed by atoms with E-state index in [0.717, 1.165) is 5.56 Å². The van der Waals surface area contributed by atoms with E-state index < -0.39 is 5.91 Å². The van der Waals surface area contributed by atoms with Crippen LogP contribution in [0.1, 0.15) is 26.3 Å². The fourth-order valence-electron chi connectivity index (χ4n) is 1.70. The molecule has 0 spiro atoms. The van der Waals surface area contributed by atoms with Crippen LogP contribution in [0.5, 0.6) is 0 Å². The van der Waals surface area contributed by atoms with Gasteiger partial charge in [-0.25, -0.2) is 0 Å². The number of carbonyl (C=O) groups excluding carboxylic acids is 2. The molecule has 3 nitrogen and oxygen atoms in total. The minimum atomic E-state index is -0.462. The smallest absolute Gasteiger partial charge is 0.248 e. The van der Waals surface area contributed by atoms with E-state index in [1.165, 1.54) is 0 Å². The Balaban J connectivity index is 2.10. The van der Waals surface area contributed by atoms with Gasteiger partial charge in [-0.1, -0.05) is 42.5 Å². The number of benzene rings is 2. The highest BCUT2D eigenvalue weighted by molar-refractivity contribution is 5.97. The molecule has 2 aromatic carbocycles. The third kappa shape index (κ3) is 2.83. The summed E-state index contributed by atoms with van der Waals surface area (Å²) in [6.07, 6.45) is 0.322. The first-order chi connectivity index (χ1) is 8.66. The maximum atomic E-state index is 11.9. The molecule has 2 N–H and O–H groups in total. The molecule has 0 radical (unpaired) electrons. The van der Waals surface area contributed by atoms with Gasteiger partial charge in [-0.2, -0.15) is 0 Å². The standard InChI is InChI=1S/C15H13NO2/c16-15(18)13-8-6-11(7-9-13)10-14(17)12-4-2-1-3-5-12/h1-9H,10H2,(H2,16,18). The Kier molecular flexibility index (Phi) is 3.53. The maximum Gasteiger partial charge on any atom is 0.248 e. The summed E-state index contributed by atoms with van der Waals surface area (Å²) in [5, 5.41) is 0. The van der Waals surface area contributed by atoms with E-state index in [1.54, 1.807) is 36.4 Å². The van der Waals surface area contributed by atoms with E-state index in [4.69, 9.17) is 5.73 Å². The van der Waals surface area contributed by atoms with E-state index in [9.17, 15) is 9.59 Å². The van der Waals surface area contributed by atoms with Crippen LogP contribution in [0, 0.1) is 0 Å². The fourth-order valence-corrected chi connectivity index (χ4v) is 1.70. The zero-order valence-electron chi connectivity index (χ0n) is 9.80. The van der Waals surface area contributed by atoms with E-state index in [-0.39, 0.29) is 5.78 Å². The van der Waals surface area contributed by atoms with Gasteiger partial charge in [0.1, 0.15) is 0 Å². The molecule has 90 valence electrons. The molecule has 0 bridgehead atoms. The highest BCUT2D eigenvalue weighted by Gasteiger charge is 2.07. The molecular weight excluding hydrogens is 226 g/mol.